The number of carbonyl (C=O) groups is 3. The number of imide groups is 1. The standard InChI is InChI=1S/C17H23N3O4/c1-4-18-17(23)19-15(21)10-24-16(22)8-5-13-9-11(2)20(12(13)3)14-6-7-14/h5,8-9,14H,4,6-7,10H2,1-3H3,(H2,18,19,21,23)/b8-5+. The summed E-state index contributed by atoms with van der Waals surface area (Å²) < 4.78 is 7.10. The SMILES string of the molecule is CCNC(=O)NC(=O)COC(=O)/C=C/c1cc(C)n(C2CC2)c1C. The Balaban J connectivity index is 1.84. The Morgan fingerprint density at radius 3 is 2.67 bits per heavy atom. The Hall–Kier alpha value is -2.57. The fourth-order valence-corrected chi connectivity index (χ4v) is 2.58. The molecule has 7 heteroatoms. The van der Waals surface area contributed by atoms with E-state index in [-0.39, 0.29) is 0 Å². The molecule has 0 aliphatic heterocycles. The molecule has 7 nitrogen and oxygen atoms in total. The lowest BCUT2D eigenvalue weighted by atomic mass is 10.2. The molecule has 2 N–H and O–H groups in total. The van der Waals surface area contributed by atoms with E-state index in [9.17, 15) is 14.4 Å². The lowest BCUT2D eigenvalue weighted by Crippen LogP contribution is -2.41. The van der Waals surface area contributed by atoms with E-state index in [0.717, 1.165) is 11.3 Å². The van der Waals surface area contributed by atoms with Crippen LogP contribution in [0.15, 0.2) is 12.1 Å². The van der Waals surface area contributed by atoms with Gasteiger partial charge in [0.2, 0.25) is 0 Å². The molecule has 0 spiro atoms. The van der Waals surface area contributed by atoms with Crippen molar-refractivity contribution in [2.24, 2.45) is 0 Å². The summed E-state index contributed by atoms with van der Waals surface area (Å²) in [6, 6.07) is 2.00. The second-order valence-corrected chi connectivity index (χ2v) is 5.78. The van der Waals surface area contributed by atoms with Gasteiger partial charge in [0, 0.05) is 30.1 Å². The third kappa shape index (κ3) is 4.71. The predicted octanol–water partition coefficient (Wildman–Crippen LogP) is 1.84. The van der Waals surface area contributed by atoms with E-state index >= 15 is 0 Å². The third-order valence-corrected chi connectivity index (χ3v) is 3.77. The number of amides is 3. The van der Waals surface area contributed by atoms with E-state index in [0.29, 0.717) is 12.6 Å². The molecule has 24 heavy (non-hydrogen) atoms. The smallest absolute Gasteiger partial charge is 0.331 e. The summed E-state index contributed by atoms with van der Waals surface area (Å²) in [5.74, 6) is -1.30. The molecular formula is C17H23N3O4. The van der Waals surface area contributed by atoms with E-state index < -0.39 is 24.5 Å². The molecule has 1 heterocycles. The summed E-state index contributed by atoms with van der Waals surface area (Å²) in [4.78, 5) is 34.2. The molecule has 1 saturated carbocycles. The Labute approximate surface area is 141 Å². The summed E-state index contributed by atoms with van der Waals surface area (Å²) in [6.45, 7) is 5.71. The Morgan fingerprint density at radius 1 is 1.33 bits per heavy atom. The molecule has 1 aromatic heterocycles. The second kappa shape index (κ2) is 7.81. The van der Waals surface area contributed by atoms with E-state index in [1.807, 2.05) is 19.9 Å². The first-order chi connectivity index (χ1) is 11.4. The third-order valence-electron chi connectivity index (χ3n) is 3.77. The van der Waals surface area contributed by atoms with Gasteiger partial charge in [-0.2, -0.15) is 0 Å². The number of carbonyl (C=O) groups excluding carboxylic acids is 3. The number of nitrogens with one attached hydrogen (secondary N) is 2. The van der Waals surface area contributed by atoms with Crippen molar-refractivity contribution in [3.8, 4) is 0 Å². The van der Waals surface area contributed by atoms with Crippen LogP contribution in [0, 0.1) is 13.8 Å². The lowest BCUT2D eigenvalue weighted by molar-refractivity contribution is -0.143. The summed E-state index contributed by atoms with van der Waals surface area (Å²) >= 11 is 0. The van der Waals surface area contributed by atoms with Crippen LogP contribution < -0.4 is 10.6 Å². The van der Waals surface area contributed by atoms with Gasteiger partial charge in [-0.3, -0.25) is 10.1 Å². The Morgan fingerprint density at radius 2 is 2.04 bits per heavy atom. The van der Waals surface area contributed by atoms with Crippen molar-refractivity contribution in [3.05, 3.63) is 29.1 Å². The van der Waals surface area contributed by atoms with Crippen molar-refractivity contribution < 1.29 is 19.1 Å². The minimum Gasteiger partial charge on any atom is -0.452 e. The van der Waals surface area contributed by atoms with Gasteiger partial charge in [0.05, 0.1) is 0 Å². The first-order valence-corrected chi connectivity index (χ1v) is 8.03. The highest BCUT2D eigenvalue weighted by Crippen LogP contribution is 2.38. The molecule has 1 fully saturated rings. The van der Waals surface area contributed by atoms with Crippen LogP contribution in [-0.4, -0.2) is 35.6 Å². The highest BCUT2D eigenvalue weighted by molar-refractivity contribution is 5.96. The van der Waals surface area contributed by atoms with Crippen molar-refractivity contribution >= 4 is 24.0 Å². The molecule has 2 rings (SSSR count). The molecule has 1 aliphatic carbocycles. The largest absolute Gasteiger partial charge is 0.452 e. The van der Waals surface area contributed by atoms with Crippen molar-refractivity contribution in [2.75, 3.05) is 13.2 Å². The molecular weight excluding hydrogens is 310 g/mol. The molecule has 130 valence electrons. The van der Waals surface area contributed by atoms with Crippen LogP contribution in [0.25, 0.3) is 6.08 Å². The molecule has 1 aromatic rings. The highest BCUT2D eigenvalue weighted by atomic mass is 16.5. The molecule has 0 aromatic carbocycles. The van der Waals surface area contributed by atoms with Gasteiger partial charge in [0.25, 0.3) is 5.91 Å². The summed E-state index contributed by atoms with van der Waals surface area (Å²) in [6.07, 6.45) is 5.37. The average Bonchev–Trinajstić information content (AvgIpc) is 3.30. The number of aryl methyl sites for hydroxylation is 1. The fraction of sp³-hybridized carbons (Fsp3) is 0.471. The first-order valence-electron chi connectivity index (χ1n) is 8.03. The minimum absolute atomic E-state index is 0.404. The van der Waals surface area contributed by atoms with Crippen LogP contribution in [0.3, 0.4) is 0 Å². The number of hydrogen-bond donors (Lipinski definition) is 2. The number of nitrogens with zero attached hydrogens (tertiary/aromatic N) is 1. The average molecular weight is 333 g/mol. The van der Waals surface area contributed by atoms with Crippen LogP contribution in [0.1, 0.15) is 42.8 Å². The van der Waals surface area contributed by atoms with Crippen LogP contribution in [0.2, 0.25) is 0 Å². The van der Waals surface area contributed by atoms with E-state index in [4.69, 9.17) is 4.74 Å². The van der Waals surface area contributed by atoms with Crippen molar-refractivity contribution in [1.29, 1.82) is 0 Å². The fourth-order valence-electron chi connectivity index (χ4n) is 2.58. The monoisotopic (exact) mass is 333 g/mol. The van der Waals surface area contributed by atoms with Crippen LogP contribution in [0.5, 0.6) is 0 Å². The molecule has 0 bridgehead atoms. The van der Waals surface area contributed by atoms with E-state index in [1.54, 1.807) is 13.0 Å². The van der Waals surface area contributed by atoms with E-state index in [2.05, 4.69) is 15.2 Å². The van der Waals surface area contributed by atoms with Crippen LogP contribution in [0.4, 0.5) is 4.79 Å². The van der Waals surface area contributed by atoms with Gasteiger partial charge in [0.1, 0.15) is 0 Å². The van der Waals surface area contributed by atoms with Crippen molar-refractivity contribution in [3.63, 3.8) is 0 Å². The number of aromatic nitrogens is 1. The van der Waals surface area contributed by atoms with Gasteiger partial charge >= 0.3 is 12.0 Å². The normalized spacial score (nSPS) is 13.8. The van der Waals surface area contributed by atoms with Crippen LogP contribution in [-0.2, 0) is 14.3 Å². The molecule has 0 radical (unpaired) electrons. The maximum absolute atomic E-state index is 11.7. The second-order valence-electron chi connectivity index (χ2n) is 5.78. The quantitative estimate of drug-likeness (QED) is 0.614. The predicted molar refractivity (Wildman–Crippen MR) is 89.4 cm³/mol. The Kier molecular flexibility index (Phi) is 5.78. The zero-order valence-electron chi connectivity index (χ0n) is 14.2. The zero-order valence-corrected chi connectivity index (χ0v) is 14.2. The van der Waals surface area contributed by atoms with Gasteiger partial charge in [-0.15, -0.1) is 0 Å². The van der Waals surface area contributed by atoms with Gasteiger partial charge in [-0.25, -0.2) is 9.59 Å². The topological polar surface area (TPSA) is 89.4 Å². The van der Waals surface area contributed by atoms with Gasteiger partial charge in [0.15, 0.2) is 6.61 Å². The maximum atomic E-state index is 11.7. The van der Waals surface area contributed by atoms with E-state index in [1.165, 1.54) is 24.6 Å². The number of urea groups is 1. The lowest BCUT2D eigenvalue weighted by Gasteiger charge is -2.06. The minimum atomic E-state index is -0.672. The number of ether oxygens (including phenoxy) is 1. The van der Waals surface area contributed by atoms with Gasteiger partial charge in [-0.1, -0.05) is 0 Å². The number of hydrogen-bond acceptors (Lipinski definition) is 4. The van der Waals surface area contributed by atoms with Crippen LogP contribution >= 0.6 is 0 Å². The first kappa shape index (κ1) is 17.8. The molecule has 0 saturated heterocycles. The maximum Gasteiger partial charge on any atom is 0.331 e. The van der Waals surface area contributed by atoms with Crippen molar-refractivity contribution in [2.45, 2.75) is 39.7 Å². The summed E-state index contributed by atoms with van der Waals surface area (Å²) in [5, 5.41) is 4.47. The molecule has 3 amide bonds. The molecule has 0 atom stereocenters. The van der Waals surface area contributed by atoms with Gasteiger partial charge in [-0.05, 0) is 51.3 Å². The Bertz CT molecular complexity index is 672. The van der Waals surface area contributed by atoms with Gasteiger partial charge < -0.3 is 14.6 Å². The highest BCUT2D eigenvalue weighted by Gasteiger charge is 2.26. The summed E-state index contributed by atoms with van der Waals surface area (Å²) in [5.41, 5.74) is 3.25. The molecule has 0 unspecified atom stereocenters. The summed E-state index contributed by atoms with van der Waals surface area (Å²) in [7, 11) is 0. The van der Waals surface area contributed by atoms with Crippen molar-refractivity contribution in [1.82, 2.24) is 15.2 Å². The number of rotatable bonds is 6. The zero-order chi connectivity index (χ0) is 17.7. The number of esters is 1. The molecule has 1 aliphatic rings.